The SMILES string of the molecule is O=C(NS(=O)(=O)CC1CCCCC1)c1ccccc1OCc1ccc(Cl)cc1Cl. The molecule has 2 aromatic rings. The first kappa shape index (κ1) is 21.9. The first-order valence-corrected chi connectivity index (χ1v) is 12.0. The molecule has 1 aliphatic carbocycles. The molecule has 156 valence electrons. The van der Waals surface area contributed by atoms with E-state index in [0.29, 0.717) is 15.6 Å². The van der Waals surface area contributed by atoms with E-state index in [1.165, 1.54) is 6.07 Å². The number of sulfonamides is 1. The van der Waals surface area contributed by atoms with Crippen LogP contribution in [-0.2, 0) is 16.6 Å². The van der Waals surface area contributed by atoms with Gasteiger partial charge in [0.05, 0.1) is 11.3 Å². The minimum Gasteiger partial charge on any atom is -0.488 e. The summed E-state index contributed by atoms with van der Waals surface area (Å²) in [6, 6.07) is 11.6. The molecule has 0 radical (unpaired) electrons. The predicted molar refractivity (Wildman–Crippen MR) is 115 cm³/mol. The molecule has 3 rings (SSSR count). The smallest absolute Gasteiger partial charge is 0.268 e. The maximum atomic E-state index is 12.6. The van der Waals surface area contributed by atoms with E-state index in [4.69, 9.17) is 27.9 Å². The van der Waals surface area contributed by atoms with E-state index in [1.54, 1.807) is 36.4 Å². The molecule has 1 aliphatic rings. The Bertz CT molecular complexity index is 972. The second-order valence-electron chi connectivity index (χ2n) is 7.24. The van der Waals surface area contributed by atoms with Gasteiger partial charge in [0.1, 0.15) is 12.4 Å². The normalized spacial score (nSPS) is 15.1. The molecule has 0 heterocycles. The topological polar surface area (TPSA) is 72.5 Å². The summed E-state index contributed by atoms with van der Waals surface area (Å²) in [5.41, 5.74) is 0.862. The van der Waals surface area contributed by atoms with Crippen LogP contribution in [0.25, 0.3) is 0 Å². The monoisotopic (exact) mass is 455 g/mol. The number of carbonyl (C=O) groups is 1. The third-order valence-electron chi connectivity index (χ3n) is 4.96. The van der Waals surface area contributed by atoms with Crippen molar-refractivity contribution in [2.75, 3.05) is 5.75 Å². The van der Waals surface area contributed by atoms with Crippen LogP contribution >= 0.6 is 23.2 Å². The summed E-state index contributed by atoms with van der Waals surface area (Å²) in [5.74, 6) is -0.336. The van der Waals surface area contributed by atoms with Gasteiger partial charge in [-0.1, -0.05) is 60.7 Å². The highest BCUT2D eigenvalue weighted by Crippen LogP contribution is 2.26. The van der Waals surface area contributed by atoms with Crippen molar-refractivity contribution in [2.24, 2.45) is 5.92 Å². The molecule has 1 fully saturated rings. The largest absolute Gasteiger partial charge is 0.488 e. The minimum atomic E-state index is -3.71. The van der Waals surface area contributed by atoms with Gasteiger partial charge >= 0.3 is 0 Å². The van der Waals surface area contributed by atoms with Crippen molar-refractivity contribution < 1.29 is 17.9 Å². The first-order chi connectivity index (χ1) is 13.8. The molecule has 0 aromatic heterocycles. The summed E-state index contributed by atoms with van der Waals surface area (Å²) < 4.78 is 32.8. The molecule has 1 saturated carbocycles. The Morgan fingerprint density at radius 1 is 1.07 bits per heavy atom. The van der Waals surface area contributed by atoms with E-state index in [1.807, 2.05) is 0 Å². The summed E-state index contributed by atoms with van der Waals surface area (Å²) >= 11 is 12.1. The van der Waals surface area contributed by atoms with Gasteiger partial charge in [0.15, 0.2) is 0 Å². The first-order valence-electron chi connectivity index (χ1n) is 9.54. The fraction of sp³-hybridized carbons (Fsp3) is 0.381. The number of halogens is 2. The van der Waals surface area contributed by atoms with Gasteiger partial charge in [-0.05, 0) is 43.0 Å². The van der Waals surface area contributed by atoms with Crippen LogP contribution in [0.2, 0.25) is 10.0 Å². The molecule has 5 nitrogen and oxygen atoms in total. The number of rotatable bonds is 7. The zero-order valence-corrected chi connectivity index (χ0v) is 18.2. The van der Waals surface area contributed by atoms with Crippen LogP contribution in [0.15, 0.2) is 42.5 Å². The summed E-state index contributed by atoms with van der Waals surface area (Å²) in [6.45, 7) is 0.120. The molecule has 29 heavy (non-hydrogen) atoms. The average Bonchev–Trinajstić information content (AvgIpc) is 2.67. The highest BCUT2D eigenvalue weighted by atomic mass is 35.5. The summed E-state index contributed by atoms with van der Waals surface area (Å²) in [7, 11) is -3.71. The average molecular weight is 456 g/mol. The molecule has 0 saturated heterocycles. The zero-order chi connectivity index (χ0) is 20.9. The van der Waals surface area contributed by atoms with Crippen molar-refractivity contribution in [3.05, 3.63) is 63.6 Å². The van der Waals surface area contributed by atoms with Crippen molar-refractivity contribution in [1.82, 2.24) is 4.72 Å². The molecule has 8 heteroatoms. The van der Waals surface area contributed by atoms with E-state index < -0.39 is 15.9 Å². The number of amides is 1. The quantitative estimate of drug-likeness (QED) is 0.621. The number of hydrogen-bond acceptors (Lipinski definition) is 4. The van der Waals surface area contributed by atoms with E-state index in [-0.39, 0.29) is 29.6 Å². The Morgan fingerprint density at radius 2 is 1.79 bits per heavy atom. The van der Waals surface area contributed by atoms with Crippen LogP contribution in [0.5, 0.6) is 5.75 Å². The molecular weight excluding hydrogens is 433 g/mol. The third-order valence-corrected chi connectivity index (χ3v) is 6.95. The highest BCUT2D eigenvalue weighted by molar-refractivity contribution is 7.90. The zero-order valence-electron chi connectivity index (χ0n) is 15.9. The van der Waals surface area contributed by atoms with Gasteiger partial charge in [-0.2, -0.15) is 0 Å². The summed E-state index contributed by atoms with van der Waals surface area (Å²) in [6.07, 6.45) is 4.99. The number of hydrogen-bond donors (Lipinski definition) is 1. The number of para-hydroxylation sites is 1. The van der Waals surface area contributed by atoms with E-state index in [9.17, 15) is 13.2 Å². The van der Waals surface area contributed by atoms with Crippen LogP contribution in [0.1, 0.15) is 48.0 Å². The van der Waals surface area contributed by atoms with E-state index >= 15 is 0 Å². The Morgan fingerprint density at radius 3 is 2.52 bits per heavy atom. The molecule has 0 aliphatic heterocycles. The summed E-state index contributed by atoms with van der Waals surface area (Å²) in [4.78, 5) is 12.6. The lowest BCUT2D eigenvalue weighted by Gasteiger charge is -2.21. The predicted octanol–water partition coefficient (Wildman–Crippen LogP) is 5.21. The van der Waals surface area contributed by atoms with Crippen molar-refractivity contribution in [3.8, 4) is 5.75 Å². The van der Waals surface area contributed by atoms with Gasteiger partial charge in [-0.25, -0.2) is 13.1 Å². The van der Waals surface area contributed by atoms with Crippen LogP contribution in [-0.4, -0.2) is 20.1 Å². The standard InChI is InChI=1S/C21H23Cl2NO4S/c22-17-11-10-16(19(23)12-17)13-28-20-9-5-4-8-18(20)21(25)24-29(26,27)14-15-6-2-1-3-7-15/h4-5,8-12,15H,1-3,6-7,13-14H2,(H,24,25). The molecule has 0 atom stereocenters. The number of ether oxygens (including phenoxy) is 1. The van der Waals surface area contributed by atoms with Gasteiger partial charge in [0, 0.05) is 15.6 Å². The Kier molecular flexibility index (Phi) is 7.44. The van der Waals surface area contributed by atoms with E-state index in [2.05, 4.69) is 4.72 Å². The Hall–Kier alpha value is -1.76. The van der Waals surface area contributed by atoms with Gasteiger partial charge in [0.25, 0.3) is 5.91 Å². The minimum absolute atomic E-state index is 0.0256. The van der Waals surface area contributed by atoms with Crippen molar-refractivity contribution in [1.29, 1.82) is 0 Å². The van der Waals surface area contributed by atoms with Gasteiger partial charge in [-0.15, -0.1) is 0 Å². The molecular formula is C21H23Cl2NO4S. The second kappa shape index (κ2) is 9.83. The molecule has 0 spiro atoms. The number of nitrogens with one attached hydrogen (secondary N) is 1. The maximum absolute atomic E-state index is 12.6. The van der Waals surface area contributed by atoms with Crippen molar-refractivity contribution in [3.63, 3.8) is 0 Å². The lowest BCUT2D eigenvalue weighted by atomic mass is 9.91. The van der Waals surface area contributed by atoms with Gasteiger partial charge in [0.2, 0.25) is 10.0 Å². The Labute approximate surface area is 181 Å². The van der Waals surface area contributed by atoms with Crippen LogP contribution in [0.3, 0.4) is 0 Å². The lowest BCUT2D eigenvalue weighted by Crippen LogP contribution is -2.35. The molecule has 2 aromatic carbocycles. The summed E-state index contributed by atoms with van der Waals surface area (Å²) in [5, 5.41) is 0.969. The molecule has 1 amide bonds. The number of carbonyl (C=O) groups excluding carboxylic acids is 1. The van der Waals surface area contributed by atoms with Crippen LogP contribution < -0.4 is 9.46 Å². The van der Waals surface area contributed by atoms with Gasteiger partial charge < -0.3 is 4.74 Å². The number of benzene rings is 2. The van der Waals surface area contributed by atoms with Crippen molar-refractivity contribution in [2.45, 2.75) is 38.7 Å². The molecule has 0 unspecified atom stereocenters. The Balaban J connectivity index is 1.67. The third kappa shape index (κ3) is 6.36. The molecule has 1 N–H and O–H groups in total. The maximum Gasteiger partial charge on any atom is 0.268 e. The van der Waals surface area contributed by atoms with Crippen LogP contribution in [0.4, 0.5) is 0 Å². The van der Waals surface area contributed by atoms with Gasteiger partial charge in [-0.3, -0.25) is 4.79 Å². The molecule has 0 bridgehead atoms. The second-order valence-corrected chi connectivity index (χ2v) is 9.85. The van der Waals surface area contributed by atoms with E-state index in [0.717, 1.165) is 32.1 Å². The fourth-order valence-electron chi connectivity index (χ4n) is 3.48. The fourth-order valence-corrected chi connectivity index (χ4v) is 5.37. The van der Waals surface area contributed by atoms with Crippen LogP contribution in [0, 0.1) is 5.92 Å². The van der Waals surface area contributed by atoms with Crippen molar-refractivity contribution >= 4 is 39.1 Å². The highest BCUT2D eigenvalue weighted by Gasteiger charge is 2.24. The lowest BCUT2D eigenvalue weighted by molar-refractivity contribution is 0.0977.